The maximum absolute atomic E-state index is 14.0. The van der Waals surface area contributed by atoms with Gasteiger partial charge in [0.2, 0.25) is 0 Å². The molecule has 140 valence electrons. The summed E-state index contributed by atoms with van der Waals surface area (Å²) in [6, 6.07) is 10.7. The Kier molecular flexibility index (Phi) is 4.25. The van der Waals surface area contributed by atoms with E-state index in [1.807, 2.05) is 0 Å². The van der Waals surface area contributed by atoms with Crippen molar-refractivity contribution in [1.29, 1.82) is 0 Å². The molecule has 27 heavy (non-hydrogen) atoms. The minimum Gasteiger partial charge on any atom is -0.593 e. The maximum atomic E-state index is 14.0. The molecule has 0 radical (unpaired) electrons. The zero-order chi connectivity index (χ0) is 19.2. The van der Waals surface area contributed by atoms with Gasteiger partial charge in [-0.15, -0.1) is 9.40 Å². The highest BCUT2D eigenvalue weighted by molar-refractivity contribution is 7.95. The minimum atomic E-state index is -3.74. The Morgan fingerprint density at radius 2 is 1.81 bits per heavy atom. The largest absolute Gasteiger partial charge is 0.593 e. The van der Waals surface area contributed by atoms with Crippen molar-refractivity contribution >= 4 is 10.4 Å². The molecule has 0 saturated heterocycles. The van der Waals surface area contributed by atoms with Crippen LogP contribution in [-0.2, 0) is 27.7 Å². The fourth-order valence-corrected chi connectivity index (χ4v) is 4.39. The van der Waals surface area contributed by atoms with Crippen molar-refractivity contribution in [1.82, 2.24) is 18.7 Å². The topological polar surface area (TPSA) is 83.2 Å². The van der Waals surface area contributed by atoms with E-state index in [-0.39, 0.29) is 36.0 Å². The molecule has 3 aromatic rings. The first-order valence-electron chi connectivity index (χ1n) is 8.07. The fourth-order valence-electron chi connectivity index (χ4n) is 2.98. The molecule has 0 bridgehead atoms. The minimum absolute atomic E-state index is 0.0850. The van der Waals surface area contributed by atoms with Gasteiger partial charge in [0.05, 0.1) is 6.54 Å². The Morgan fingerprint density at radius 1 is 1.07 bits per heavy atom. The van der Waals surface area contributed by atoms with Crippen LogP contribution >= 0.6 is 0 Å². The summed E-state index contributed by atoms with van der Waals surface area (Å²) in [6.45, 7) is 0.0487. The molecule has 0 saturated carbocycles. The second-order valence-electron chi connectivity index (χ2n) is 6.01. The molecule has 7 nitrogen and oxygen atoms in total. The third-order valence-electron chi connectivity index (χ3n) is 4.35. The lowest BCUT2D eigenvalue weighted by Crippen LogP contribution is -2.43. The van der Waals surface area contributed by atoms with Crippen LogP contribution in [-0.4, -0.2) is 29.8 Å². The Labute approximate surface area is 153 Å². The lowest BCUT2D eigenvalue weighted by atomic mass is 10.3. The van der Waals surface area contributed by atoms with Crippen molar-refractivity contribution in [2.75, 3.05) is 6.54 Å². The van der Waals surface area contributed by atoms with Gasteiger partial charge >= 0.3 is 5.69 Å². The molecule has 2 aromatic carbocycles. The van der Waals surface area contributed by atoms with Gasteiger partial charge in [-0.1, -0.05) is 22.4 Å². The van der Waals surface area contributed by atoms with Crippen molar-refractivity contribution in [2.24, 2.45) is 0 Å². The number of aromatic nitrogens is 3. The highest BCUT2D eigenvalue weighted by Crippen LogP contribution is 2.25. The SMILES string of the molecule is O=c1n(-c2ccc(F)cc2F)nc2n1CCN([S+](=O)([O-])c1ccccc1)C2. The third-order valence-corrected chi connectivity index (χ3v) is 6.21. The van der Waals surface area contributed by atoms with Crippen molar-refractivity contribution in [3.8, 4) is 5.69 Å². The van der Waals surface area contributed by atoms with E-state index in [1.165, 1.54) is 21.0 Å². The Balaban J connectivity index is 1.70. The normalized spacial score (nSPS) is 16.7. The molecule has 4 rings (SSSR count). The monoisotopic (exact) mass is 392 g/mol. The zero-order valence-corrected chi connectivity index (χ0v) is 14.7. The van der Waals surface area contributed by atoms with Gasteiger partial charge in [-0.2, -0.15) is 4.68 Å². The van der Waals surface area contributed by atoms with Gasteiger partial charge < -0.3 is 4.55 Å². The molecule has 0 spiro atoms. The van der Waals surface area contributed by atoms with Crippen LogP contribution in [0.25, 0.3) is 5.69 Å². The summed E-state index contributed by atoms with van der Waals surface area (Å²) >= 11 is 0. The van der Waals surface area contributed by atoms with E-state index in [9.17, 15) is 22.3 Å². The van der Waals surface area contributed by atoms with Gasteiger partial charge in [0, 0.05) is 12.6 Å². The standard InChI is InChI=1S/C17H14F2N4O3S/c18-12-6-7-15(14(19)10-12)23-17(24)22-9-8-21(11-16(22)20-23)27(25,26)13-4-2-1-3-5-13/h1-7,10H,8-9,11H2. The highest BCUT2D eigenvalue weighted by atomic mass is 32.3. The molecule has 0 fully saturated rings. The number of nitrogens with zero attached hydrogens (tertiary/aromatic N) is 4. The van der Waals surface area contributed by atoms with E-state index in [1.54, 1.807) is 18.2 Å². The van der Waals surface area contributed by atoms with E-state index in [4.69, 9.17) is 0 Å². The number of halogens is 2. The van der Waals surface area contributed by atoms with Crippen LogP contribution in [0.4, 0.5) is 8.78 Å². The molecule has 1 atom stereocenters. The quantitative estimate of drug-likeness (QED) is 0.636. The number of rotatable bonds is 3. The third kappa shape index (κ3) is 3.01. The van der Waals surface area contributed by atoms with Gasteiger partial charge in [0.1, 0.15) is 18.0 Å². The molecule has 1 aliphatic heterocycles. The molecular formula is C17H14F2N4O3S. The fraction of sp³-hybridized carbons (Fsp3) is 0.176. The molecular weight excluding hydrogens is 378 g/mol. The van der Waals surface area contributed by atoms with Crippen LogP contribution in [0.2, 0.25) is 0 Å². The lowest BCUT2D eigenvalue weighted by Gasteiger charge is -2.29. The number of benzene rings is 2. The Bertz CT molecular complexity index is 1110. The highest BCUT2D eigenvalue weighted by Gasteiger charge is 2.35. The summed E-state index contributed by atoms with van der Waals surface area (Å²) in [4.78, 5) is 12.7. The van der Waals surface area contributed by atoms with Crippen molar-refractivity contribution in [3.05, 3.63) is 76.5 Å². The Morgan fingerprint density at radius 3 is 2.52 bits per heavy atom. The predicted molar refractivity (Wildman–Crippen MR) is 91.7 cm³/mol. The van der Waals surface area contributed by atoms with Crippen molar-refractivity contribution < 1.29 is 17.5 Å². The molecule has 0 N–H and O–H groups in total. The summed E-state index contributed by atoms with van der Waals surface area (Å²) in [5.41, 5.74) is -0.798. The first kappa shape index (κ1) is 17.7. The van der Waals surface area contributed by atoms with Crippen molar-refractivity contribution in [3.63, 3.8) is 0 Å². The van der Waals surface area contributed by atoms with Crippen LogP contribution in [0.15, 0.2) is 58.2 Å². The smallest absolute Gasteiger partial charge is 0.350 e. The van der Waals surface area contributed by atoms with Crippen LogP contribution < -0.4 is 5.69 Å². The average molecular weight is 392 g/mol. The molecule has 1 aliphatic rings. The van der Waals surface area contributed by atoms with E-state index in [0.29, 0.717) is 6.07 Å². The number of hydrogen-bond donors (Lipinski definition) is 0. The van der Waals surface area contributed by atoms with E-state index in [0.717, 1.165) is 16.8 Å². The first-order chi connectivity index (χ1) is 12.9. The summed E-state index contributed by atoms with van der Waals surface area (Å²) in [7, 11) is -3.74. The summed E-state index contributed by atoms with van der Waals surface area (Å²) in [5, 5.41) is 4.07. The molecule has 0 aliphatic carbocycles. The Hall–Kier alpha value is -2.69. The summed E-state index contributed by atoms with van der Waals surface area (Å²) < 4.78 is 56.0. The molecule has 2 heterocycles. The maximum Gasteiger partial charge on any atom is 0.350 e. The van der Waals surface area contributed by atoms with Gasteiger partial charge in [0.15, 0.2) is 26.9 Å². The predicted octanol–water partition coefficient (Wildman–Crippen LogP) is 1.73. The first-order valence-corrected chi connectivity index (χ1v) is 9.51. The van der Waals surface area contributed by atoms with Crippen LogP contribution in [0.5, 0.6) is 0 Å². The van der Waals surface area contributed by atoms with Gasteiger partial charge in [-0.05, 0) is 24.3 Å². The van der Waals surface area contributed by atoms with E-state index < -0.39 is 27.7 Å². The molecule has 0 amide bonds. The summed E-state index contributed by atoms with van der Waals surface area (Å²) in [5.74, 6) is -1.51. The van der Waals surface area contributed by atoms with Crippen molar-refractivity contribution in [2.45, 2.75) is 18.0 Å². The second kappa shape index (κ2) is 6.48. The van der Waals surface area contributed by atoms with Gasteiger partial charge in [0.25, 0.3) is 0 Å². The van der Waals surface area contributed by atoms with Crippen LogP contribution in [0.1, 0.15) is 5.82 Å². The number of fused-ring (bicyclic) bond motifs is 1. The number of sulfonamides is 1. The number of hydrogen-bond acceptors (Lipinski definition) is 4. The lowest BCUT2D eigenvalue weighted by molar-refractivity contribution is 0.300. The molecule has 1 aromatic heterocycles. The van der Waals surface area contributed by atoms with Gasteiger partial charge in [-0.25, -0.2) is 13.6 Å². The van der Waals surface area contributed by atoms with Crippen LogP contribution in [0.3, 0.4) is 0 Å². The second-order valence-corrected chi connectivity index (χ2v) is 7.95. The zero-order valence-electron chi connectivity index (χ0n) is 13.9. The van der Waals surface area contributed by atoms with E-state index in [2.05, 4.69) is 5.10 Å². The average Bonchev–Trinajstić information content (AvgIpc) is 2.98. The van der Waals surface area contributed by atoms with Gasteiger partial charge in [-0.3, -0.25) is 4.57 Å². The van der Waals surface area contributed by atoms with E-state index >= 15 is 0 Å². The molecule has 10 heteroatoms. The molecule has 1 unspecified atom stereocenters. The summed E-state index contributed by atoms with van der Waals surface area (Å²) in [6.07, 6.45) is 0. The van der Waals surface area contributed by atoms with Crippen LogP contribution in [0, 0.1) is 11.6 Å².